The average Bonchev–Trinajstić information content (AvgIpc) is 2.46. The summed E-state index contributed by atoms with van der Waals surface area (Å²) < 4.78 is 5.28. The van der Waals surface area contributed by atoms with Gasteiger partial charge in [0.05, 0.1) is 6.21 Å². The van der Waals surface area contributed by atoms with Crippen LogP contribution in [0.1, 0.15) is 5.56 Å². The largest absolute Gasteiger partial charge is 0.484 e. The molecule has 0 spiro atoms. The van der Waals surface area contributed by atoms with E-state index < -0.39 is 0 Å². The molecule has 20 heavy (non-hydrogen) atoms. The lowest BCUT2D eigenvalue weighted by Gasteiger charge is -2.04. The Labute approximate surface area is 122 Å². The van der Waals surface area contributed by atoms with Crippen LogP contribution in [0.15, 0.2) is 59.7 Å². The fraction of sp³-hybridized carbons (Fsp3) is 0.0667. The van der Waals surface area contributed by atoms with Gasteiger partial charge in [0.25, 0.3) is 5.91 Å². The number of halogens is 1. The number of ether oxygens (including phenoxy) is 1. The van der Waals surface area contributed by atoms with E-state index in [1.165, 1.54) is 0 Å². The van der Waals surface area contributed by atoms with Gasteiger partial charge in [-0.3, -0.25) is 4.79 Å². The molecule has 0 unspecified atom stereocenters. The SMILES string of the molecule is O=C(COc1cccc(Cl)c1)N/N=C\c1ccccc1. The minimum absolute atomic E-state index is 0.119. The molecule has 0 aliphatic heterocycles. The van der Waals surface area contributed by atoms with E-state index in [2.05, 4.69) is 10.5 Å². The van der Waals surface area contributed by atoms with Crippen molar-refractivity contribution in [3.63, 3.8) is 0 Å². The van der Waals surface area contributed by atoms with Gasteiger partial charge in [0.2, 0.25) is 0 Å². The monoisotopic (exact) mass is 288 g/mol. The number of nitrogens with one attached hydrogen (secondary N) is 1. The summed E-state index contributed by atoms with van der Waals surface area (Å²) in [6.07, 6.45) is 1.57. The highest BCUT2D eigenvalue weighted by Crippen LogP contribution is 2.16. The zero-order valence-electron chi connectivity index (χ0n) is 10.6. The van der Waals surface area contributed by atoms with Crippen molar-refractivity contribution >= 4 is 23.7 Å². The predicted octanol–water partition coefficient (Wildman–Crippen LogP) is 2.87. The second-order valence-corrected chi connectivity index (χ2v) is 4.39. The summed E-state index contributed by atoms with van der Waals surface area (Å²) in [7, 11) is 0. The standard InChI is InChI=1S/C15H13ClN2O2/c16-13-7-4-8-14(9-13)20-11-15(19)18-17-10-12-5-2-1-3-6-12/h1-10H,11H2,(H,18,19)/b17-10-. The maximum atomic E-state index is 11.5. The molecule has 2 aromatic rings. The summed E-state index contributed by atoms with van der Waals surface area (Å²) in [5.41, 5.74) is 3.29. The molecule has 0 radical (unpaired) electrons. The molecule has 0 aliphatic rings. The quantitative estimate of drug-likeness (QED) is 0.679. The van der Waals surface area contributed by atoms with E-state index >= 15 is 0 Å². The van der Waals surface area contributed by atoms with Crippen molar-refractivity contribution in [3.05, 3.63) is 65.2 Å². The van der Waals surface area contributed by atoms with Gasteiger partial charge < -0.3 is 4.74 Å². The molecule has 5 heteroatoms. The Morgan fingerprint density at radius 3 is 2.75 bits per heavy atom. The molecule has 1 amide bonds. The molecule has 2 aromatic carbocycles. The maximum Gasteiger partial charge on any atom is 0.277 e. The first kappa shape index (κ1) is 14.1. The molecule has 2 rings (SSSR count). The van der Waals surface area contributed by atoms with Crippen molar-refractivity contribution in [2.75, 3.05) is 6.61 Å². The minimum Gasteiger partial charge on any atom is -0.484 e. The number of carbonyl (C=O) groups is 1. The Morgan fingerprint density at radius 2 is 2.00 bits per heavy atom. The average molecular weight is 289 g/mol. The van der Waals surface area contributed by atoms with E-state index in [4.69, 9.17) is 16.3 Å². The summed E-state index contributed by atoms with van der Waals surface area (Å²) in [4.78, 5) is 11.5. The second-order valence-electron chi connectivity index (χ2n) is 3.95. The molecule has 0 bridgehead atoms. The fourth-order valence-corrected chi connectivity index (χ4v) is 1.64. The van der Waals surface area contributed by atoms with Crippen LogP contribution in [-0.2, 0) is 4.79 Å². The van der Waals surface area contributed by atoms with Crippen LogP contribution in [0, 0.1) is 0 Å². The maximum absolute atomic E-state index is 11.5. The molecule has 0 fully saturated rings. The van der Waals surface area contributed by atoms with Gasteiger partial charge in [-0.2, -0.15) is 5.10 Å². The third kappa shape index (κ3) is 4.74. The number of nitrogens with zero attached hydrogens (tertiary/aromatic N) is 1. The zero-order chi connectivity index (χ0) is 14.2. The Bertz CT molecular complexity index is 600. The number of hydrogen-bond donors (Lipinski definition) is 1. The van der Waals surface area contributed by atoms with Crippen LogP contribution in [-0.4, -0.2) is 18.7 Å². The van der Waals surface area contributed by atoms with Crippen molar-refractivity contribution in [2.45, 2.75) is 0 Å². The molecule has 0 aromatic heterocycles. The van der Waals surface area contributed by atoms with E-state index in [0.717, 1.165) is 5.56 Å². The predicted molar refractivity (Wildman–Crippen MR) is 79.1 cm³/mol. The molecule has 4 nitrogen and oxygen atoms in total. The van der Waals surface area contributed by atoms with Gasteiger partial charge in [-0.05, 0) is 23.8 Å². The van der Waals surface area contributed by atoms with Crippen molar-refractivity contribution in [1.82, 2.24) is 5.43 Å². The first-order valence-corrected chi connectivity index (χ1v) is 6.37. The molecule has 102 valence electrons. The van der Waals surface area contributed by atoms with Gasteiger partial charge in [-0.15, -0.1) is 0 Å². The molecular formula is C15H13ClN2O2. The number of benzene rings is 2. The van der Waals surface area contributed by atoms with Crippen LogP contribution >= 0.6 is 11.6 Å². The molecule has 0 aliphatic carbocycles. The fourth-order valence-electron chi connectivity index (χ4n) is 1.46. The summed E-state index contributed by atoms with van der Waals surface area (Å²) in [6.45, 7) is -0.119. The summed E-state index contributed by atoms with van der Waals surface area (Å²) in [6, 6.07) is 16.3. The molecule has 0 saturated heterocycles. The number of hydrazone groups is 1. The highest BCUT2D eigenvalue weighted by Gasteiger charge is 2.01. The first-order chi connectivity index (χ1) is 9.74. The Kier molecular flexibility index (Phi) is 5.15. The molecule has 0 heterocycles. The lowest BCUT2D eigenvalue weighted by Crippen LogP contribution is -2.24. The van der Waals surface area contributed by atoms with Crippen LogP contribution in [0.25, 0.3) is 0 Å². The second kappa shape index (κ2) is 7.31. The lowest BCUT2D eigenvalue weighted by molar-refractivity contribution is -0.123. The van der Waals surface area contributed by atoms with E-state index in [1.54, 1.807) is 30.5 Å². The summed E-state index contributed by atoms with van der Waals surface area (Å²) >= 11 is 5.81. The van der Waals surface area contributed by atoms with Crippen molar-refractivity contribution in [3.8, 4) is 5.75 Å². The Hall–Kier alpha value is -2.33. The van der Waals surface area contributed by atoms with Gasteiger partial charge in [0, 0.05) is 5.02 Å². The van der Waals surface area contributed by atoms with E-state index in [1.807, 2.05) is 30.3 Å². The molecule has 0 atom stereocenters. The lowest BCUT2D eigenvalue weighted by atomic mass is 10.2. The van der Waals surface area contributed by atoms with Crippen molar-refractivity contribution in [1.29, 1.82) is 0 Å². The summed E-state index contributed by atoms with van der Waals surface area (Å²) in [5, 5.41) is 4.40. The van der Waals surface area contributed by atoms with Crippen LogP contribution in [0.2, 0.25) is 5.02 Å². The normalized spacial score (nSPS) is 10.4. The number of amides is 1. The smallest absolute Gasteiger partial charge is 0.277 e. The third-order valence-corrected chi connectivity index (χ3v) is 2.60. The van der Waals surface area contributed by atoms with Gasteiger partial charge in [-0.25, -0.2) is 5.43 Å². The summed E-state index contributed by atoms with van der Waals surface area (Å²) in [5.74, 6) is 0.205. The van der Waals surface area contributed by atoms with Gasteiger partial charge in [0.1, 0.15) is 5.75 Å². The Morgan fingerprint density at radius 1 is 1.20 bits per heavy atom. The third-order valence-electron chi connectivity index (χ3n) is 2.37. The number of hydrogen-bond acceptors (Lipinski definition) is 3. The van der Waals surface area contributed by atoms with Crippen LogP contribution < -0.4 is 10.2 Å². The first-order valence-electron chi connectivity index (χ1n) is 5.99. The van der Waals surface area contributed by atoms with Crippen LogP contribution in [0.4, 0.5) is 0 Å². The number of carbonyl (C=O) groups excluding carboxylic acids is 1. The van der Waals surface area contributed by atoms with Gasteiger partial charge in [0.15, 0.2) is 6.61 Å². The van der Waals surface area contributed by atoms with E-state index in [0.29, 0.717) is 10.8 Å². The molecule has 0 saturated carbocycles. The number of rotatable bonds is 5. The molecule has 1 N–H and O–H groups in total. The zero-order valence-corrected chi connectivity index (χ0v) is 11.4. The van der Waals surface area contributed by atoms with Gasteiger partial charge in [-0.1, -0.05) is 48.0 Å². The van der Waals surface area contributed by atoms with Crippen LogP contribution in [0.5, 0.6) is 5.75 Å². The Balaban J connectivity index is 1.77. The van der Waals surface area contributed by atoms with Crippen molar-refractivity contribution in [2.24, 2.45) is 5.10 Å². The topological polar surface area (TPSA) is 50.7 Å². The highest BCUT2D eigenvalue weighted by atomic mass is 35.5. The van der Waals surface area contributed by atoms with Crippen LogP contribution in [0.3, 0.4) is 0 Å². The highest BCUT2D eigenvalue weighted by molar-refractivity contribution is 6.30. The minimum atomic E-state index is -0.336. The van der Waals surface area contributed by atoms with Gasteiger partial charge >= 0.3 is 0 Å². The van der Waals surface area contributed by atoms with Crippen molar-refractivity contribution < 1.29 is 9.53 Å². The molecular weight excluding hydrogens is 276 g/mol. The van der Waals surface area contributed by atoms with E-state index in [-0.39, 0.29) is 12.5 Å². The van der Waals surface area contributed by atoms with E-state index in [9.17, 15) is 4.79 Å².